The van der Waals surface area contributed by atoms with Gasteiger partial charge in [0.05, 0.1) is 12.1 Å². The van der Waals surface area contributed by atoms with Crippen molar-refractivity contribution in [3.8, 4) is 0 Å². The molecule has 0 radical (unpaired) electrons. The van der Waals surface area contributed by atoms with Crippen molar-refractivity contribution in [2.24, 2.45) is 7.05 Å². The summed E-state index contributed by atoms with van der Waals surface area (Å²) in [6, 6.07) is 4.77. The van der Waals surface area contributed by atoms with Crippen molar-refractivity contribution in [1.82, 2.24) is 15.1 Å². The zero-order chi connectivity index (χ0) is 15.9. The zero-order valence-corrected chi connectivity index (χ0v) is 11.7. The molecule has 8 heteroatoms. The quantitative estimate of drug-likeness (QED) is 0.927. The monoisotopic (exact) mass is 310 g/mol. The van der Waals surface area contributed by atoms with Gasteiger partial charge in [0.15, 0.2) is 5.82 Å². The Bertz CT molecular complexity index is 723. The minimum Gasteiger partial charge on any atom is -0.333 e. The van der Waals surface area contributed by atoms with Crippen molar-refractivity contribution in [2.45, 2.75) is 19.3 Å². The topological polar surface area (TPSA) is 50.2 Å². The number of benzene rings is 1. The second kappa shape index (κ2) is 5.04. The van der Waals surface area contributed by atoms with Crippen LogP contribution in [0.2, 0.25) is 0 Å². The first-order chi connectivity index (χ1) is 10.4. The molecule has 1 aromatic heterocycles. The fourth-order valence-corrected chi connectivity index (χ4v) is 2.49. The van der Waals surface area contributed by atoms with Gasteiger partial charge in [-0.15, -0.1) is 0 Å². The number of aromatic nitrogens is 2. The van der Waals surface area contributed by atoms with Crippen molar-refractivity contribution >= 4 is 11.8 Å². The summed E-state index contributed by atoms with van der Waals surface area (Å²) < 4.78 is 40.7. The number of fused-ring (bicyclic) bond motifs is 1. The predicted molar refractivity (Wildman–Crippen MR) is 73.1 cm³/mol. The Balaban J connectivity index is 1.99. The number of hydrogen-bond donors (Lipinski definition) is 1. The van der Waals surface area contributed by atoms with Gasteiger partial charge in [-0.05, 0) is 11.6 Å². The number of amides is 2. The van der Waals surface area contributed by atoms with Crippen LogP contribution in [0, 0.1) is 0 Å². The Morgan fingerprint density at radius 2 is 2.05 bits per heavy atom. The Kier molecular flexibility index (Phi) is 3.31. The smallest absolute Gasteiger partial charge is 0.333 e. The van der Waals surface area contributed by atoms with Crippen molar-refractivity contribution in [3.05, 3.63) is 47.2 Å². The van der Waals surface area contributed by atoms with Gasteiger partial charge < -0.3 is 5.32 Å². The lowest BCUT2D eigenvalue weighted by molar-refractivity contribution is -0.138. The van der Waals surface area contributed by atoms with E-state index in [1.165, 1.54) is 27.8 Å². The summed E-state index contributed by atoms with van der Waals surface area (Å²) in [5, 5.41) is 6.80. The molecule has 1 N–H and O–H groups in total. The molecule has 2 heterocycles. The van der Waals surface area contributed by atoms with Crippen LogP contribution in [-0.2, 0) is 26.3 Å². The molecule has 0 atom stereocenters. The normalized spacial score (nSPS) is 14.7. The Morgan fingerprint density at radius 3 is 2.77 bits per heavy atom. The summed E-state index contributed by atoms with van der Waals surface area (Å²) in [4.78, 5) is 13.2. The number of hydrogen-bond acceptors (Lipinski definition) is 2. The minimum absolute atomic E-state index is 0.0312. The van der Waals surface area contributed by atoms with Gasteiger partial charge in [-0.1, -0.05) is 18.2 Å². The molecule has 2 aromatic rings. The molecule has 0 bridgehead atoms. The van der Waals surface area contributed by atoms with E-state index in [0.29, 0.717) is 12.4 Å². The van der Waals surface area contributed by atoms with E-state index >= 15 is 0 Å². The molecule has 1 aliphatic heterocycles. The Morgan fingerprint density at radius 1 is 1.32 bits per heavy atom. The lowest BCUT2D eigenvalue weighted by atomic mass is 10.1. The summed E-state index contributed by atoms with van der Waals surface area (Å²) in [7, 11) is 1.70. The molecule has 0 saturated heterocycles. The molecule has 22 heavy (non-hydrogen) atoms. The highest BCUT2D eigenvalue weighted by Crippen LogP contribution is 2.33. The molecule has 0 saturated carbocycles. The van der Waals surface area contributed by atoms with Crippen LogP contribution in [-0.4, -0.2) is 15.8 Å². The van der Waals surface area contributed by atoms with E-state index in [4.69, 9.17) is 0 Å². The maximum atomic E-state index is 13.1. The second-order valence-electron chi connectivity index (χ2n) is 5.05. The van der Waals surface area contributed by atoms with Crippen molar-refractivity contribution < 1.29 is 18.0 Å². The van der Waals surface area contributed by atoms with Gasteiger partial charge in [-0.3, -0.25) is 9.58 Å². The van der Waals surface area contributed by atoms with Gasteiger partial charge >= 0.3 is 12.2 Å². The van der Waals surface area contributed by atoms with E-state index in [1.807, 2.05) is 0 Å². The molecule has 5 nitrogen and oxygen atoms in total. The second-order valence-corrected chi connectivity index (χ2v) is 5.05. The van der Waals surface area contributed by atoms with Gasteiger partial charge in [0.25, 0.3) is 0 Å². The third kappa shape index (κ3) is 2.51. The van der Waals surface area contributed by atoms with Gasteiger partial charge in [0, 0.05) is 25.4 Å². The molecule has 0 spiro atoms. The fraction of sp³-hybridized carbons (Fsp3) is 0.286. The maximum absolute atomic E-state index is 13.1. The maximum Gasteiger partial charge on any atom is 0.416 e. The number of anilines is 1. The number of rotatable bonds is 2. The van der Waals surface area contributed by atoms with Crippen LogP contribution in [0.15, 0.2) is 30.5 Å². The van der Waals surface area contributed by atoms with E-state index in [0.717, 1.165) is 11.6 Å². The number of nitrogens with zero attached hydrogens (tertiary/aromatic N) is 3. The SMILES string of the molecule is Cn1cc2c(n1)N(Cc1ccccc1C(F)(F)F)C(=O)NC2. The highest BCUT2D eigenvalue weighted by atomic mass is 19.4. The number of halogens is 3. The third-order valence-electron chi connectivity index (χ3n) is 3.46. The van der Waals surface area contributed by atoms with Crippen molar-refractivity contribution in [3.63, 3.8) is 0 Å². The van der Waals surface area contributed by atoms with Crippen LogP contribution >= 0.6 is 0 Å². The van der Waals surface area contributed by atoms with Crippen molar-refractivity contribution in [1.29, 1.82) is 0 Å². The van der Waals surface area contributed by atoms with Crippen molar-refractivity contribution in [2.75, 3.05) is 4.90 Å². The molecule has 0 aliphatic carbocycles. The third-order valence-corrected chi connectivity index (χ3v) is 3.46. The number of carbonyl (C=O) groups excluding carboxylic acids is 1. The van der Waals surface area contributed by atoms with Crippen LogP contribution in [0.4, 0.5) is 23.8 Å². The van der Waals surface area contributed by atoms with Gasteiger partial charge in [0.1, 0.15) is 0 Å². The number of nitrogens with one attached hydrogen (secondary N) is 1. The Hall–Kier alpha value is -2.51. The average Bonchev–Trinajstić information content (AvgIpc) is 2.82. The molecule has 116 valence electrons. The summed E-state index contributed by atoms with van der Waals surface area (Å²) in [6.45, 7) is 0.130. The first-order valence-corrected chi connectivity index (χ1v) is 6.59. The van der Waals surface area contributed by atoms with E-state index in [9.17, 15) is 18.0 Å². The summed E-state index contributed by atoms with van der Waals surface area (Å²) in [5.41, 5.74) is 0.0566. The van der Waals surface area contributed by atoms with E-state index in [-0.39, 0.29) is 12.1 Å². The van der Waals surface area contributed by atoms with E-state index in [1.54, 1.807) is 13.2 Å². The van der Waals surface area contributed by atoms with E-state index < -0.39 is 17.8 Å². The lowest BCUT2D eigenvalue weighted by Crippen LogP contribution is -2.43. The van der Waals surface area contributed by atoms with Crippen LogP contribution in [0.3, 0.4) is 0 Å². The molecular weight excluding hydrogens is 297 g/mol. The summed E-state index contributed by atoms with van der Waals surface area (Å²) >= 11 is 0. The predicted octanol–water partition coefficient (Wildman–Crippen LogP) is 2.67. The largest absolute Gasteiger partial charge is 0.416 e. The summed E-state index contributed by atoms with van der Waals surface area (Å²) in [5.74, 6) is 0.392. The highest BCUT2D eigenvalue weighted by Gasteiger charge is 2.35. The number of urea groups is 1. The first-order valence-electron chi connectivity index (χ1n) is 6.59. The molecule has 1 aromatic carbocycles. The zero-order valence-electron chi connectivity index (χ0n) is 11.7. The van der Waals surface area contributed by atoms with E-state index in [2.05, 4.69) is 10.4 Å². The molecule has 3 rings (SSSR count). The first kappa shape index (κ1) is 14.4. The minimum atomic E-state index is -4.46. The van der Waals surface area contributed by atoms with Gasteiger partial charge in [-0.25, -0.2) is 4.79 Å². The summed E-state index contributed by atoms with van der Waals surface area (Å²) in [6.07, 6.45) is -2.73. The molecule has 0 fully saturated rings. The Labute approximate surface area is 124 Å². The van der Waals surface area contributed by atoms with Crippen LogP contribution in [0.1, 0.15) is 16.7 Å². The molecule has 0 unspecified atom stereocenters. The highest BCUT2D eigenvalue weighted by molar-refractivity contribution is 5.93. The number of alkyl halides is 3. The van der Waals surface area contributed by atoms with Crippen LogP contribution in [0.25, 0.3) is 0 Å². The van der Waals surface area contributed by atoms with Crippen LogP contribution < -0.4 is 10.2 Å². The number of aryl methyl sites for hydroxylation is 1. The average molecular weight is 310 g/mol. The van der Waals surface area contributed by atoms with Crippen LogP contribution in [0.5, 0.6) is 0 Å². The molecule has 2 amide bonds. The molecule has 1 aliphatic rings. The fourth-order valence-electron chi connectivity index (χ4n) is 2.49. The lowest BCUT2D eigenvalue weighted by Gasteiger charge is -2.27. The standard InChI is InChI=1S/C14H13F3N4O/c1-20-7-10-6-18-13(22)21(12(10)19-20)8-9-4-2-3-5-11(9)14(15,16)17/h2-5,7H,6,8H2,1H3,(H,18,22). The molecular formula is C14H13F3N4O. The number of carbonyl (C=O) groups is 1. The van der Waals surface area contributed by atoms with Gasteiger partial charge in [0.2, 0.25) is 0 Å². The van der Waals surface area contributed by atoms with Gasteiger partial charge in [-0.2, -0.15) is 18.3 Å².